The second kappa shape index (κ2) is 5.94. The standard InChI is InChI=1S/C15H13Br2NO3/c1-20-9-2-3-10-12(19)6-14(21-13(10)5-9)15-11(17)4-8(16)7-18-15/h2-5,7,12,14,19H,6H2,1H3/t12-,14?/m0/s1. The fourth-order valence-electron chi connectivity index (χ4n) is 2.38. The van der Waals surface area contributed by atoms with Gasteiger partial charge in [-0.3, -0.25) is 4.98 Å². The molecule has 21 heavy (non-hydrogen) atoms. The third kappa shape index (κ3) is 2.93. The SMILES string of the molecule is COc1ccc2c(c1)OC(c1ncc(Br)cc1Br)C[C@@H]2O. The van der Waals surface area contributed by atoms with Gasteiger partial charge in [-0.05, 0) is 50.1 Å². The van der Waals surface area contributed by atoms with E-state index in [2.05, 4.69) is 36.8 Å². The lowest BCUT2D eigenvalue weighted by molar-refractivity contribution is 0.0630. The van der Waals surface area contributed by atoms with Gasteiger partial charge in [-0.15, -0.1) is 0 Å². The molecule has 0 aliphatic carbocycles. The summed E-state index contributed by atoms with van der Waals surface area (Å²) in [7, 11) is 1.60. The second-order valence-electron chi connectivity index (χ2n) is 4.78. The number of benzene rings is 1. The molecule has 0 fully saturated rings. The summed E-state index contributed by atoms with van der Waals surface area (Å²) in [5, 5.41) is 10.3. The number of aromatic nitrogens is 1. The second-order valence-corrected chi connectivity index (χ2v) is 6.55. The van der Waals surface area contributed by atoms with Crippen LogP contribution in [0, 0.1) is 0 Å². The van der Waals surface area contributed by atoms with Crippen LogP contribution in [0.3, 0.4) is 0 Å². The summed E-state index contributed by atoms with van der Waals surface area (Å²) in [5.41, 5.74) is 1.55. The molecule has 0 amide bonds. The molecule has 4 nitrogen and oxygen atoms in total. The van der Waals surface area contributed by atoms with Gasteiger partial charge in [0.1, 0.15) is 17.6 Å². The predicted molar refractivity (Wildman–Crippen MR) is 85.6 cm³/mol. The van der Waals surface area contributed by atoms with E-state index in [1.807, 2.05) is 18.2 Å². The van der Waals surface area contributed by atoms with Crippen LogP contribution < -0.4 is 9.47 Å². The minimum atomic E-state index is -0.581. The number of ether oxygens (including phenoxy) is 2. The van der Waals surface area contributed by atoms with Crippen molar-refractivity contribution in [2.45, 2.75) is 18.6 Å². The summed E-state index contributed by atoms with van der Waals surface area (Å²) in [6.07, 6.45) is 1.30. The van der Waals surface area contributed by atoms with Crippen LogP contribution in [-0.2, 0) is 0 Å². The average Bonchev–Trinajstić information content (AvgIpc) is 2.46. The number of pyridine rings is 1. The maximum Gasteiger partial charge on any atom is 0.144 e. The van der Waals surface area contributed by atoms with E-state index < -0.39 is 6.10 Å². The van der Waals surface area contributed by atoms with Crippen LogP contribution in [-0.4, -0.2) is 17.2 Å². The van der Waals surface area contributed by atoms with Gasteiger partial charge in [-0.25, -0.2) is 0 Å². The third-order valence-electron chi connectivity index (χ3n) is 3.43. The number of aliphatic hydroxyl groups excluding tert-OH is 1. The smallest absolute Gasteiger partial charge is 0.144 e. The van der Waals surface area contributed by atoms with Gasteiger partial charge in [0.2, 0.25) is 0 Å². The number of hydrogen-bond acceptors (Lipinski definition) is 4. The van der Waals surface area contributed by atoms with Crippen LogP contribution in [0.25, 0.3) is 0 Å². The molecule has 0 bridgehead atoms. The van der Waals surface area contributed by atoms with Gasteiger partial charge in [0.15, 0.2) is 0 Å². The molecule has 1 unspecified atom stereocenters. The largest absolute Gasteiger partial charge is 0.497 e. The molecule has 6 heteroatoms. The summed E-state index contributed by atoms with van der Waals surface area (Å²) < 4.78 is 12.9. The first-order chi connectivity index (χ1) is 10.1. The first kappa shape index (κ1) is 14.8. The van der Waals surface area contributed by atoms with Gasteiger partial charge in [0.25, 0.3) is 0 Å². The number of fused-ring (bicyclic) bond motifs is 1. The lowest BCUT2D eigenvalue weighted by Crippen LogP contribution is -2.20. The van der Waals surface area contributed by atoms with Crippen LogP contribution in [0.2, 0.25) is 0 Å². The molecule has 0 spiro atoms. The zero-order chi connectivity index (χ0) is 15.0. The highest BCUT2D eigenvalue weighted by atomic mass is 79.9. The highest BCUT2D eigenvalue weighted by Gasteiger charge is 2.30. The van der Waals surface area contributed by atoms with E-state index in [-0.39, 0.29) is 6.10 Å². The van der Waals surface area contributed by atoms with Crippen molar-refractivity contribution in [3.63, 3.8) is 0 Å². The molecule has 3 rings (SSSR count). The Bertz CT molecular complexity index is 678. The number of halogens is 2. The molecular formula is C15H13Br2NO3. The molecule has 2 heterocycles. The third-order valence-corrected chi connectivity index (χ3v) is 4.50. The van der Waals surface area contributed by atoms with Crippen LogP contribution in [0.15, 0.2) is 39.4 Å². The molecule has 0 radical (unpaired) electrons. The number of aliphatic hydroxyl groups is 1. The number of nitrogens with zero attached hydrogens (tertiary/aromatic N) is 1. The Kier molecular flexibility index (Phi) is 4.19. The normalized spacial score (nSPS) is 20.6. The zero-order valence-corrected chi connectivity index (χ0v) is 14.4. The zero-order valence-electron chi connectivity index (χ0n) is 11.2. The van der Waals surface area contributed by atoms with E-state index in [0.29, 0.717) is 17.9 Å². The summed E-state index contributed by atoms with van der Waals surface area (Å²) >= 11 is 6.87. The molecule has 1 aliphatic heterocycles. The van der Waals surface area contributed by atoms with E-state index in [1.165, 1.54) is 0 Å². The van der Waals surface area contributed by atoms with Crippen molar-refractivity contribution in [3.05, 3.63) is 50.7 Å². The Hall–Kier alpha value is -1.11. The Balaban J connectivity index is 1.96. The van der Waals surface area contributed by atoms with E-state index >= 15 is 0 Å². The summed E-state index contributed by atoms with van der Waals surface area (Å²) in [6.45, 7) is 0. The molecule has 1 aromatic carbocycles. The van der Waals surface area contributed by atoms with E-state index in [0.717, 1.165) is 20.2 Å². The summed E-state index contributed by atoms with van der Waals surface area (Å²) in [4.78, 5) is 4.39. The van der Waals surface area contributed by atoms with Gasteiger partial charge >= 0.3 is 0 Å². The van der Waals surface area contributed by atoms with E-state index in [9.17, 15) is 5.11 Å². The fourth-order valence-corrected chi connectivity index (χ4v) is 3.62. The molecule has 2 atom stereocenters. The minimum Gasteiger partial charge on any atom is -0.497 e. The summed E-state index contributed by atoms with van der Waals surface area (Å²) in [6, 6.07) is 7.36. The molecule has 2 aromatic rings. The van der Waals surface area contributed by atoms with Crippen LogP contribution >= 0.6 is 31.9 Å². The number of methoxy groups -OCH3 is 1. The minimum absolute atomic E-state index is 0.304. The van der Waals surface area contributed by atoms with Crippen molar-refractivity contribution in [2.24, 2.45) is 0 Å². The Morgan fingerprint density at radius 3 is 2.86 bits per heavy atom. The topological polar surface area (TPSA) is 51.6 Å². The van der Waals surface area contributed by atoms with Crippen molar-refractivity contribution in [2.75, 3.05) is 7.11 Å². The van der Waals surface area contributed by atoms with Crippen molar-refractivity contribution < 1.29 is 14.6 Å². The van der Waals surface area contributed by atoms with Crippen LogP contribution in [0.4, 0.5) is 0 Å². The predicted octanol–water partition coefficient (Wildman–Crippen LogP) is 4.17. The average molecular weight is 415 g/mol. The monoisotopic (exact) mass is 413 g/mol. The highest BCUT2D eigenvalue weighted by Crippen LogP contribution is 2.43. The maximum atomic E-state index is 10.3. The molecule has 0 saturated carbocycles. The van der Waals surface area contributed by atoms with Crippen molar-refractivity contribution in [3.8, 4) is 11.5 Å². The van der Waals surface area contributed by atoms with Gasteiger partial charge < -0.3 is 14.6 Å². The highest BCUT2D eigenvalue weighted by molar-refractivity contribution is 9.11. The van der Waals surface area contributed by atoms with Crippen LogP contribution in [0.5, 0.6) is 11.5 Å². The maximum absolute atomic E-state index is 10.3. The van der Waals surface area contributed by atoms with E-state index in [4.69, 9.17) is 9.47 Å². The van der Waals surface area contributed by atoms with Crippen molar-refractivity contribution in [1.82, 2.24) is 4.98 Å². The van der Waals surface area contributed by atoms with Gasteiger partial charge in [0, 0.05) is 33.2 Å². The molecule has 1 aliphatic rings. The first-order valence-electron chi connectivity index (χ1n) is 6.42. The molecule has 110 valence electrons. The van der Waals surface area contributed by atoms with Gasteiger partial charge in [-0.2, -0.15) is 0 Å². The quantitative estimate of drug-likeness (QED) is 0.801. The van der Waals surface area contributed by atoms with Crippen molar-refractivity contribution >= 4 is 31.9 Å². The number of rotatable bonds is 2. The lowest BCUT2D eigenvalue weighted by atomic mass is 9.97. The molecule has 0 saturated heterocycles. The van der Waals surface area contributed by atoms with Gasteiger partial charge in [0.05, 0.1) is 18.9 Å². The first-order valence-corrected chi connectivity index (χ1v) is 8.00. The molecule has 1 aromatic heterocycles. The summed E-state index contributed by atoms with van der Waals surface area (Å²) in [5.74, 6) is 1.33. The molecular weight excluding hydrogens is 402 g/mol. The fraction of sp³-hybridized carbons (Fsp3) is 0.267. The number of hydrogen-bond donors (Lipinski definition) is 1. The van der Waals surface area contributed by atoms with E-state index in [1.54, 1.807) is 19.4 Å². The lowest BCUT2D eigenvalue weighted by Gasteiger charge is -2.30. The Morgan fingerprint density at radius 2 is 2.14 bits per heavy atom. The Labute approximate surface area is 139 Å². The van der Waals surface area contributed by atoms with Crippen molar-refractivity contribution in [1.29, 1.82) is 0 Å². The van der Waals surface area contributed by atoms with Gasteiger partial charge in [-0.1, -0.05) is 0 Å². The Morgan fingerprint density at radius 1 is 1.33 bits per heavy atom. The van der Waals surface area contributed by atoms with Crippen LogP contribution in [0.1, 0.15) is 29.9 Å². The molecule has 1 N–H and O–H groups in total.